The van der Waals surface area contributed by atoms with E-state index in [1.807, 2.05) is 0 Å². The highest BCUT2D eigenvalue weighted by Crippen LogP contribution is 2.07. The first kappa shape index (κ1) is 12.2. The van der Waals surface area contributed by atoms with Gasteiger partial charge in [0.1, 0.15) is 6.61 Å². The van der Waals surface area contributed by atoms with E-state index in [4.69, 9.17) is 9.47 Å². The van der Waals surface area contributed by atoms with Crippen LogP contribution in [0.5, 0.6) is 0 Å². The van der Waals surface area contributed by atoms with Crippen LogP contribution in [-0.4, -0.2) is 18.5 Å². The van der Waals surface area contributed by atoms with Crippen LogP contribution in [0.25, 0.3) is 0 Å². The molecule has 0 aliphatic carbocycles. The molecule has 0 N–H and O–H groups in total. The van der Waals surface area contributed by atoms with Crippen LogP contribution in [0.15, 0.2) is 24.3 Å². The van der Waals surface area contributed by atoms with E-state index in [1.54, 1.807) is 31.2 Å². The average Bonchev–Trinajstić information content (AvgIpc) is 2.27. The van der Waals surface area contributed by atoms with Gasteiger partial charge in [0.05, 0.1) is 12.2 Å². The minimum absolute atomic E-state index is 0.221. The average molecular weight is 222 g/mol. The number of rotatable bonds is 4. The summed E-state index contributed by atoms with van der Waals surface area (Å²) in [7, 11) is 0. The first-order chi connectivity index (χ1) is 7.63. The lowest BCUT2D eigenvalue weighted by Crippen LogP contribution is -2.05. The zero-order chi connectivity index (χ0) is 12.0. The molecule has 0 radical (unpaired) electrons. The minimum atomic E-state index is -0.346. The Kier molecular flexibility index (Phi) is 4.51. The predicted molar refractivity (Wildman–Crippen MR) is 57.9 cm³/mol. The molecule has 0 aliphatic heterocycles. The van der Waals surface area contributed by atoms with Crippen molar-refractivity contribution in [2.75, 3.05) is 6.61 Å². The highest BCUT2D eigenvalue weighted by Gasteiger charge is 2.05. The molecule has 0 saturated carbocycles. The molecule has 0 fully saturated rings. The zero-order valence-corrected chi connectivity index (χ0v) is 9.36. The number of hydrogen-bond acceptors (Lipinski definition) is 4. The zero-order valence-electron chi connectivity index (χ0n) is 9.36. The summed E-state index contributed by atoms with van der Waals surface area (Å²) in [4.78, 5) is 21.9. The van der Waals surface area contributed by atoms with Gasteiger partial charge in [0.2, 0.25) is 0 Å². The van der Waals surface area contributed by atoms with Crippen LogP contribution >= 0.6 is 0 Å². The van der Waals surface area contributed by atoms with Crippen molar-refractivity contribution in [1.29, 1.82) is 0 Å². The molecule has 1 rings (SSSR count). The van der Waals surface area contributed by atoms with Crippen molar-refractivity contribution in [3.8, 4) is 0 Å². The summed E-state index contributed by atoms with van der Waals surface area (Å²) >= 11 is 0. The van der Waals surface area contributed by atoms with Gasteiger partial charge in [0.15, 0.2) is 0 Å². The number of hydrogen-bond donors (Lipinski definition) is 0. The predicted octanol–water partition coefficient (Wildman–Crippen LogP) is 1.93. The van der Waals surface area contributed by atoms with Crippen LogP contribution in [0.3, 0.4) is 0 Å². The van der Waals surface area contributed by atoms with Gasteiger partial charge < -0.3 is 9.47 Å². The summed E-state index contributed by atoms with van der Waals surface area (Å²) < 4.78 is 9.66. The third-order valence-electron chi connectivity index (χ3n) is 1.91. The minimum Gasteiger partial charge on any atom is -0.462 e. The Morgan fingerprint density at radius 1 is 1.12 bits per heavy atom. The van der Waals surface area contributed by atoms with Crippen LogP contribution in [0.2, 0.25) is 0 Å². The molecular weight excluding hydrogens is 208 g/mol. The molecule has 0 aliphatic rings. The molecule has 0 saturated heterocycles. The molecule has 0 aromatic heterocycles. The second kappa shape index (κ2) is 5.90. The summed E-state index contributed by atoms with van der Waals surface area (Å²) in [5.74, 6) is -0.670. The molecule has 86 valence electrons. The standard InChI is InChI=1S/C12H14O4/c1-3-15-12(14)11-6-4-10(5-7-11)8-16-9(2)13/h4-7H,3,8H2,1-2H3. The summed E-state index contributed by atoms with van der Waals surface area (Å²) in [6.07, 6.45) is 0. The highest BCUT2D eigenvalue weighted by atomic mass is 16.5. The van der Waals surface area contributed by atoms with Crippen LogP contribution in [0.4, 0.5) is 0 Å². The number of esters is 2. The summed E-state index contributed by atoms with van der Waals surface area (Å²) in [6, 6.07) is 6.76. The SMILES string of the molecule is CCOC(=O)c1ccc(COC(C)=O)cc1. The van der Waals surface area contributed by atoms with E-state index in [-0.39, 0.29) is 18.5 Å². The fourth-order valence-corrected chi connectivity index (χ4v) is 1.14. The first-order valence-electron chi connectivity index (χ1n) is 5.03. The van der Waals surface area contributed by atoms with E-state index in [0.717, 1.165) is 5.56 Å². The van der Waals surface area contributed by atoms with Crippen molar-refractivity contribution in [3.63, 3.8) is 0 Å². The van der Waals surface area contributed by atoms with Gasteiger partial charge in [-0.05, 0) is 24.6 Å². The Bertz CT molecular complexity index is 367. The van der Waals surface area contributed by atoms with Gasteiger partial charge in [-0.1, -0.05) is 12.1 Å². The van der Waals surface area contributed by atoms with Crippen molar-refractivity contribution in [2.24, 2.45) is 0 Å². The largest absolute Gasteiger partial charge is 0.462 e. The van der Waals surface area contributed by atoms with Gasteiger partial charge in [-0.15, -0.1) is 0 Å². The van der Waals surface area contributed by atoms with E-state index in [0.29, 0.717) is 12.2 Å². The van der Waals surface area contributed by atoms with Crippen LogP contribution in [0.1, 0.15) is 29.8 Å². The van der Waals surface area contributed by atoms with Crippen molar-refractivity contribution in [3.05, 3.63) is 35.4 Å². The number of benzene rings is 1. The summed E-state index contributed by atoms with van der Waals surface area (Å²) in [5, 5.41) is 0. The quantitative estimate of drug-likeness (QED) is 0.730. The maximum atomic E-state index is 11.3. The fraction of sp³-hybridized carbons (Fsp3) is 0.333. The Labute approximate surface area is 94.2 Å². The van der Waals surface area contributed by atoms with E-state index in [2.05, 4.69) is 0 Å². The van der Waals surface area contributed by atoms with Crippen molar-refractivity contribution < 1.29 is 19.1 Å². The smallest absolute Gasteiger partial charge is 0.338 e. The molecule has 4 heteroatoms. The molecule has 4 nitrogen and oxygen atoms in total. The van der Waals surface area contributed by atoms with E-state index < -0.39 is 0 Å². The molecule has 0 heterocycles. The highest BCUT2D eigenvalue weighted by molar-refractivity contribution is 5.89. The van der Waals surface area contributed by atoms with Gasteiger partial charge in [0.25, 0.3) is 0 Å². The monoisotopic (exact) mass is 222 g/mol. The Balaban J connectivity index is 2.60. The topological polar surface area (TPSA) is 52.6 Å². The summed E-state index contributed by atoms with van der Waals surface area (Å²) in [5.41, 5.74) is 1.33. The molecule has 0 bridgehead atoms. The fourth-order valence-electron chi connectivity index (χ4n) is 1.14. The molecule has 0 spiro atoms. The molecular formula is C12H14O4. The number of carbonyl (C=O) groups is 2. The lowest BCUT2D eigenvalue weighted by molar-refractivity contribution is -0.142. The third kappa shape index (κ3) is 3.73. The van der Waals surface area contributed by atoms with Gasteiger partial charge in [-0.3, -0.25) is 4.79 Å². The lowest BCUT2D eigenvalue weighted by Gasteiger charge is -2.04. The first-order valence-corrected chi connectivity index (χ1v) is 5.03. The Morgan fingerprint density at radius 3 is 2.25 bits per heavy atom. The number of ether oxygens (including phenoxy) is 2. The van der Waals surface area contributed by atoms with Crippen molar-refractivity contribution >= 4 is 11.9 Å². The molecule has 0 atom stereocenters. The van der Waals surface area contributed by atoms with E-state index >= 15 is 0 Å². The second-order valence-electron chi connectivity index (χ2n) is 3.20. The van der Waals surface area contributed by atoms with E-state index in [1.165, 1.54) is 6.92 Å². The molecule has 0 unspecified atom stereocenters. The summed E-state index contributed by atoms with van der Waals surface area (Å²) in [6.45, 7) is 3.69. The Morgan fingerprint density at radius 2 is 1.75 bits per heavy atom. The van der Waals surface area contributed by atoms with Crippen molar-refractivity contribution in [1.82, 2.24) is 0 Å². The molecule has 1 aromatic carbocycles. The normalized spacial score (nSPS) is 9.62. The van der Waals surface area contributed by atoms with Crippen LogP contribution < -0.4 is 0 Å². The maximum absolute atomic E-state index is 11.3. The van der Waals surface area contributed by atoms with Crippen molar-refractivity contribution in [2.45, 2.75) is 20.5 Å². The van der Waals surface area contributed by atoms with E-state index in [9.17, 15) is 9.59 Å². The molecule has 16 heavy (non-hydrogen) atoms. The van der Waals surface area contributed by atoms with Gasteiger partial charge in [-0.25, -0.2) is 4.79 Å². The van der Waals surface area contributed by atoms with Crippen LogP contribution in [-0.2, 0) is 20.9 Å². The lowest BCUT2D eigenvalue weighted by atomic mass is 10.1. The van der Waals surface area contributed by atoms with Gasteiger partial charge >= 0.3 is 11.9 Å². The van der Waals surface area contributed by atoms with Gasteiger partial charge in [0, 0.05) is 6.92 Å². The molecule has 0 amide bonds. The Hall–Kier alpha value is -1.84. The van der Waals surface area contributed by atoms with Crippen LogP contribution in [0, 0.1) is 0 Å². The molecule has 1 aromatic rings. The van der Waals surface area contributed by atoms with Gasteiger partial charge in [-0.2, -0.15) is 0 Å². The second-order valence-corrected chi connectivity index (χ2v) is 3.20. The maximum Gasteiger partial charge on any atom is 0.338 e. The number of carbonyl (C=O) groups excluding carboxylic acids is 2. The third-order valence-corrected chi connectivity index (χ3v) is 1.91.